The molecule has 0 radical (unpaired) electrons. The Morgan fingerprint density at radius 3 is 1.69 bits per heavy atom. The summed E-state index contributed by atoms with van der Waals surface area (Å²) in [5, 5.41) is 8.58. The van der Waals surface area contributed by atoms with Crippen molar-refractivity contribution >= 4 is 34.3 Å². The molecule has 0 aromatic carbocycles. The Bertz CT molecular complexity index is 375. The molecule has 0 amide bonds. The minimum absolute atomic E-state index is 0.318. The lowest BCUT2D eigenvalue weighted by atomic mass is 10.1. The number of thiocarbonyl (C=S) groups is 1. The molecule has 29 heavy (non-hydrogen) atoms. The van der Waals surface area contributed by atoms with E-state index < -0.39 is 5.97 Å². The lowest BCUT2D eigenvalue weighted by molar-refractivity contribution is -0.137. The van der Waals surface area contributed by atoms with Gasteiger partial charge in [0.15, 0.2) is 0 Å². The van der Waals surface area contributed by atoms with Crippen LogP contribution in [0.5, 0.6) is 0 Å². The highest BCUT2D eigenvalue weighted by molar-refractivity contribution is 8.22. The van der Waals surface area contributed by atoms with E-state index >= 15 is 0 Å². The average Bonchev–Trinajstić information content (AvgIpc) is 2.70. The number of unbranched alkanes of at least 4 members (excludes halogenated alkanes) is 16. The SMILES string of the molecule is CCCCCCCCCCCCOC(=S)SCCCCCCCCCCC(=O)O. The van der Waals surface area contributed by atoms with E-state index in [0.717, 1.165) is 36.0 Å². The van der Waals surface area contributed by atoms with Crippen molar-refractivity contribution in [2.24, 2.45) is 0 Å². The van der Waals surface area contributed by atoms with E-state index in [1.165, 1.54) is 96.3 Å². The van der Waals surface area contributed by atoms with Gasteiger partial charge in [-0.15, -0.1) is 0 Å². The summed E-state index contributed by atoms with van der Waals surface area (Å²) in [6.07, 6.45) is 23.0. The van der Waals surface area contributed by atoms with Gasteiger partial charge in [0.25, 0.3) is 0 Å². The van der Waals surface area contributed by atoms with Crippen LogP contribution >= 0.6 is 24.0 Å². The molecule has 0 atom stereocenters. The first kappa shape index (κ1) is 28.7. The summed E-state index contributed by atoms with van der Waals surface area (Å²) in [5.41, 5.74) is 0. The number of carboxylic acids is 1. The third-order valence-corrected chi connectivity index (χ3v) is 6.54. The molecule has 0 aliphatic rings. The van der Waals surface area contributed by atoms with E-state index in [4.69, 9.17) is 22.1 Å². The van der Waals surface area contributed by atoms with Crippen LogP contribution in [0, 0.1) is 0 Å². The first-order valence-corrected chi connectivity index (χ1v) is 13.6. The molecule has 0 saturated carbocycles. The molecule has 0 bridgehead atoms. The molecular weight excluding hydrogens is 400 g/mol. The van der Waals surface area contributed by atoms with Crippen molar-refractivity contribution in [1.29, 1.82) is 0 Å². The van der Waals surface area contributed by atoms with Gasteiger partial charge < -0.3 is 9.84 Å². The topological polar surface area (TPSA) is 46.5 Å². The second kappa shape index (κ2) is 24.0. The van der Waals surface area contributed by atoms with Gasteiger partial charge in [0.2, 0.25) is 4.38 Å². The molecule has 0 aromatic heterocycles. The molecule has 0 aromatic rings. The second-order valence-corrected chi connectivity index (χ2v) is 9.80. The molecule has 172 valence electrons. The first-order chi connectivity index (χ1) is 14.2. The number of hydrogen-bond donors (Lipinski definition) is 1. The van der Waals surface area contributed by atoms with Crippen molar-refractivity contribution in [3.8, 4) is 0 Å². The van der Waals surface area contributed by atoms with Gasteiger partial charge >= 0.3 is 5.97 Å². The van der Waals surface area contributed by atoms with Crippen LogP contribution in [0.3, 0.4) is 0 Å². The van der Waals surface area contributed by atoms with Gasteiger partial charge in [-0.1, -0.05) is 115 Å². The van der Waals surface area contributed by atoms with Crippen molar-refractivity contribution in [3.05, 3.63) is 0 Å². The molecular formula is C24H46O3S2. The first-order valence-electron chi connectivity index (χ1n) is 12.2. The van der Waals surface area contributed by atoms with E-state index in [0.29, 0.717) is 6.42 Å². The highest BCUT2D eigenvalue weighted by atomic mass is 32.2. The van der Waals surface area contributed by atoms with Crippen LogP contribution in [0.4, 0.5) is 0 Å². The van der Waals surface area contributed by atoms with Crippen LogP contribution in [-0.4, -0.2) is 27.8 Å². The van der Waals surface area contributed by atoms with Crippen LogP contribution in [0.1, 0.15) is 129 Å². The molecule has 0 heterocycles. The van der Waals surface area contributed by atoms with Crippen molar-refractivity contribution in [1.82, 2.24) is 0 Å². The Balaban J connectivity index is 3.16. The normalized spacial score (nSPS) is 10.9. The molecule has 0 aliphatic carbocycles. The fourth-order valence-electron chi connectivity index (χ4n) is 3.38. The van der Waals surface area contributed by atoms with E-state index in [2.05, 4.69) is 6.92 Å². The predicted octanol–water partition coefficient (Wildman–Crippen LogP) is 8.54. The monoisotopic (exact) mass is 446 g/mol. The van der Waals surface area contributed by atoms with E-state index in [1.807, 2.05) is 0 Å². The van der Waals surface area contributed by atoms with Gasteiger partial charge in [0.05, 0.1) is 6.61 Å². The van der Waals surface area contributed by atoms with Crippen LogP contribution in [0.15, 0.2) is 0 Å². The quantitative estimate of drug-likeness (QED) is 0.133. The summed E-state index contributed by atoms with van der Waals surface area (Å²) in [4.78, 5) is 10.4. The van der Waals surface area contributed by atoms with Crippen molar-refractivity contribution < 1.29 is 14.6 Å². The number of ether oxygens (including phenoxy) is 1. The Hall–Kier alpha value is -0.290. The lowest BCUT2D eigenvalue weighted by Crippen LogP contribution is -2.00. The van der Waals surface area contributed by atoms with E-state index in [9.17, 15) is 4.79 Å². The lowest BCUT2D eigenvalue weighted by Gasteiger charge is -2.07. The van der Waals surface area contributed by atoms with E-state index in [1.54, 1.807) is 11.8 Å². The van der Waals surface area contributed by atoms with Gasteiger partial charge in [-0.05, 0) is 31.5 Å². The Morgan fingerprint density at radius 1 is 0.724 bits per heavy atom. The summed E-state index contributed by atoms with van der Waals surface area (Å²) in [6.45, 7) is 3.05. The molecule has 0 unspecified atom stereocenters. The zero-order valence-corrected chi connectivity index (χ0v) is 20.6. The van der Waals surface area contributed by atoms with Crippen LogP contribution in [0.2, 0.25) is 0 Å². The maximum atomic E-state index is 10.4. The molecule has 5 heteroatoms. The fourth-order valence-corrected chi connectivity index (χ4v) is 4.40. The van der Waals surface area contributed by atoms with Crippen molar-refractivity contribution in [3.63, 3.8) is 0 Å². The third kappa shape index (κ3) is 25.7. The maximum Gasteiger partial charge on any atom is 0.303 e. The van der Waals surface area contributed by atoms with Crippen LogP contribution in [-0.2, 0) is 9.53 Å². The predicted molar refractivity (Wildman–Crippen MR) is 132 cm³/mol. The summed E-state index contributed by atoms with van der Waals surface area (Å²) in [7, 11) is 0. The zero-order chi connectivity index (χ0) is 21.4. The highest BCUT2D eigenvalue weighted by Gasteiger charge is 2.00. The largest absolute Gasteiger partial charge is 0.481 e. The van der Waals surface area contributed by atoms with Crippen LogP contribution < -0.4 is 0 Å². The second-order valence-electron chi connectivity index (χ2n) is 8.10. The summed E-state index contributed by atoms with van der Waals surface area (Å²) < 4.78 is 6.39. The minimum Gasteiger partial charge on any atom is -0.481 e. The molecule has 0 aliphatic heterocycles. The molecule has 0 fully saturated rings. The van der Waals surface area contributed by atoms with Gasteiger partial charge in [-0.3, -0.25) is 4.79 Å². The van der Waals surface area contributed by atoms with Gasteiger partial charge in [0.1, 0.15) is 0 Å². The molecule has 1 N–H and O–H groups in total. The van der Waals surface area contributed by atoms with Gasteiger partial charge in [-0.25, -0.2) is 0 Å². The summed E-state index contributed by atoms with van der Waals surface area (Å²) in [5.74, 6) is 0.392. The van der Waals surface area contributed by atoms with Crippen LogP contribution in [0.25, 0.3) is 0 Å². The van der Waals surface area contributed by atoms with Crippen molar-refractivity contribution in [2.75, 3.05) is 12.4 Å². The number of aliphatic carboxylic acids is 1. The number of rotatable bonds is 22. The highest BCUT2D eigenvalue weighted by Crippen LogP contribution is 2.14. The van der Waals surface area contributed by atoms with Gasteiger partial charge in [0, 0.05) is 12.2 Å². The molecule has 0 rings (SSSR count). The van der Waals surface area contributed by atoms with Crippen molar-refractivity contribution in [2.45, 2.75) is 129 Å². The summed E-state index contributed by atoms with van der Waals surface area (Å²) >= 11 is 6.99. The zero-order valence-electron chi connectivity index (χ0n) is 18.9. The smallest absolute Gasteiger partial charge is 0.303 e. The number of hydrogen-bond acceptors (Lipinski definition) is 4. The number of thioether (sulfide) groups is 1. The molecule has 3 nitrogen and oxygen atoms in total. The minimum atomic E-state index is -0.673. The molecule has 0 spiro atoms. The molecule has 0 saturated heterocycles. The van der Waals surface area contributed by atoms with E-state index in [-0.39, 0.29) is 0 Å². The Labute approximate surface area is 190 Å². The number of carbonyl (C=O) groups is 1. The Kier molecular flexibility index (Phi) is 23.7. The summed E-state index contributed by atoms with van der Waals surface area (Å²) in [6, 6.07) is 0. The average molecular weight is 447 g/mol. The number of carboxylic acid groups (broad SMARTS) is 1. The Morgan fingerprint density at radius 2 is 1.17 bits per heavy atom. The van der Waals surface area contributed by atoms with Gasteiger partial charge in [-0.2, -0.15) is 0 Å². The fraction of sp³-hybridized carbons (Fsp3) is 0.917. The standard InChI is InChI=1S/C24H46O3S2/c1-2-3-4-5-6-7-9-12-15-18-21-27-24(28)29-22-19-16-13-10-8-11-14-17-20-23(25)26/h2-22H2,1H3,(H,25,26). The maximum absolute atomic E-state index is 10.4. The third-order valence-electron chi connectivity index (χ3n) is 5.22.